The molecule has 21 heavy (non-hydrogen) atoms. The molecule has 0 bridgehead atoms. The fraction of sp³-hybridized carbons (Fsp3) is 0.500. The van der Waals surface area contributed by atoms with Crippen LogP contribution in [-0.2, 0) is 19.1 Å². The van der Waals surface area contributed by atoms with Crippen molar-refractivity contribution >= 4 is 47.5 Å². The van der Waals surface area contributed by atoms with Crippen LogP contribution in [-0.4, -0.2) is 93.6 Å². The van der Waals surface area contributed by atoms with Gasteiger partial charge in [-0.15, -0.1) is 13.2 Å². The fourth-order valence-electron chi connectivity index (χ4n) is 0.960. The second kappa shape index (κ2) is 19.0. The van der Waals surface area contributed by atoms with Crippen LogP contribution in [0.3, 0.4) is 0 Å². The molecule has 10 nitrogen and oxygen atoms in total. The van der Waals surface area contributed by atoms with E-state index >= 15 is 0 Å². The average Bonchev–Trinajstić information content (AvgIpc) is 2.16. The average molecular weight is 321 g/mol. The number of nitrogens with zero attached hydrogens (tertiary/aromatic N) is 1. The summed E-state index contributed by atoms with van der Waals surface area (Å²) in [7, 11) is 0. The Labute approximate surface area is 145 Å². The third-order valence-corrected chi connectivity index (χ3v) is 1.37. The van der Waals surface area contributed by atoms with Crippen molar-refractivity contribution in [1.82, 2.24) is 17.2 Å². The van der Waals surface area contributed by atoms with E-state index in [0.29, 0.717) is 0 Å². The molecule has 0 saturated heterocycles. The summed E-state index contributed by atoms with van der Waals surface area (Å²) in [6.07, 6.45) is -1.32. The van der Waals surface area contributed by atoms with E-state index in [0.717, 1.165) is 4.90 Å². The molecule has 0 heterocycles. The summed E-state index contributed by atoms with van der Waals surface area (Å²) in [5.74, 6) is -3.41. The van der Waals surface area contributed by atoms with E-state index < -0.39 is 43.8 Å². The molecule has 0 radical (unpaired) electrons. The van der Waals surface area contributed by atoms with E-state index in [9.17, 15) is 14.4 Å². The van der Waals surface area contributed by atoms with Crippen LogP contribution in [0, 0.1) is 0 Å². The molecule has 1 unspecified atom stereocenters. The van der Waals surface area contributed by atoms with Crippen molar-refractivity contribution in [2.24, 2.45) is 0 Å². The van der Waals surface area contributed by atoms with E-state index in [1.807, 2.05) is 0 Å². The molecule has 1 atom stereocenters. The number of aliphatic carboxylic acids is 2. The van der Waals surface area contributed by atoms with Crippen LogP contribution in [0.4, 0.5) is 0 Å². The van der Waals surface area contributed by atoms with Gasteiger partial charge in [-0.1, -0.05) is 0 Å². The maximum atomic E-state index is 11.0. The van der Waals surface area contributed by atoms with Gasteiger partial charge in [0.2, 0.25) is 0 Å². The third-order valence-electron chi connectivity index (χ3n) is 1.37. The summed E-state index contributed by atoms with van der Waals surface area (Å²) in [5.41, 5.74) is 0. The van der Waals surface area contributed by atoms with Gasteiger partial charge in [0.25, 0.3) is 0 Å². The molecule has 0 spiro atoms. The van der Waals surface area contributed by atoms with E-state index in [2.05, 4.69) is 17.9 Å². The van der Waals surface area contributed by atoms with Gasteiger partial charge < -0.3 is 32.4 Å². The van der Waals surface area contributed by atoms with Crippen molar-refractivity contribution in [3.63, 3.8) is 0 Å². The number of carboxylic acid groups (broad SMARTS) is 2. The molecule has 0 aliphatic carbocycles. The quantitative estimate of drug-likeness (QED) is 0.165. The number of rotatable bonds is 7. The molecule has 0 rings (SSSR count). The zero-order valence-electron chi connectivity index (χ0n) is 11.4. The first-order valence-electron chi connectivity index (χ1n) is 4.84. The van der Waals surface area contributed by atoms with Crippen LogP contribution in [0.2, 0.25) is 0 Å². The van der Waals surface area contributed by atoms with Gasteiger partial charge in [0.15, 0.2) is 6.29 Å². The molecule has 9 N–H and O–H groups in total. The molecular weight excluding hydrogens is 297 g/mol. The van der Waals surface area contributed by atoms with Crippen molar-refractivity contribution in [1.29, 1.82) is 0 Å². The first kappa shape index (κ1) is 32.1. The Morgan fingerprint density at radius 2 is 1.38 bits per heavy atom. The van der Waals surface area contributed by atoms with Gasteiger partial charge in [0.1, 0.15) is 0 Å². The second-order valence-corrected chi connectivity index (χ2v) is 3.02. The number of carbonyl (C=O) groups is 3. The van der Waals surface area contributed by atoms with Gasteiger partial charge in [-0.25, -0.2) is 0 Å². The van der Waals surface area contributed by atoms with Gasteiger partial charge in [0.05, 0.1) is 19.6 Å². The van der Waals surface area contributed by atoms with Crippen molar-refractivity contribution in [2.45, 2.75) is 13.2 Å². The Bertz CT molecular complexity index is 286. The van der Waals surface area contributed by atoms with Gasteiger partial charge in [-0.2, -0.15) is 0 Å². The number of hydrogen-bond donors (Lipinski definition) is 5. The van der Waals surface area contributed by atoms with Crippen molar-refractivity contribution in [3.8, 4) is 0 Å². The van der Waals surface area contributed by atoms with Crippen molar-refractivity contribution in [2.75, 3.05) is 19.6 Å². The molecule has 11 heteroatoms. The predicted octanol–water partition coefficient (Wildman–Crippen LogP) is -1.18. The molecule has 122 valence electrons. The number of aliphatic hydroxyl groups excluding tert-OH is 1. The van der Waals surface area contributed by atoms with Crippen LogP contribution in [0.15, 0.2) is 13.2 Å². The minimum atomic E-state index is -1.32. The number of carboxylic acids is 2. The SMILES string of the molecule is C=C.CC(O)OC(=O)CN(CC(=O)O)CC(=O)O.N.N.[NaH]. The molecule has 0 aliphatic heterocycles. The summed E-state index contributed by atoms with van der Waals surface area (Å²) in [6, 6.07) is 0. The fourth-order valence-corrected chi connectivity index (χ4v) is 0.960. The van der Waals surface area contributed by atoms with Crippen LogP contribution in [0.1, 0.15) is 6.92 Å². The number of esters is 1. The normalized spacial score (nSPS) is 9.48. The zero-order valence-corrected chi connectivity index (χ0v) is 11.4. The Hall–Kier alpha value is -1.01. The number of carbonyl (C=O) groups excluding carboxylic acids is 1. The molecule has 0 fully saturated rings. The summed E-state index contributed by atoms with van der Waals surface area (Å²) < 4.78 is 4.33. The van der Waals surface area contributed by atoms with Gasteiger partial charge in [-0.05, 0) is 6.92 Å². The van der Waals surface area contributed by atoms with E-state index in [1.165, 1.54) is 6.92 Å². The summed E-state index contributed by atoms with van der Waals surface area (Å²) in [5, 5.41) is 25.6. The first-order valence-corrected chi connectivity index (χ1v) is 4.84. The first-order chi connectivity index (χ1) is 8.31. The van der Waals surface area contributed by atoms with Crippen LogP contribution >= 0.6 is 0 Å². The molecular formula is C10H24N3NaO7. The standard InChI is InChI=1S/C8H13NO7.C2H4.2H3N.Na.H/c1-5(10)16-8(15)4-9(2-6(11)12)3-7(13)14;1-2;;;;/h5,10H,2-4H2,1H3,(H,11,12)(H,13,14);1-2H2;2*1H3;;. The summed E-state index contributed by atoms with van der Waals surface area (Å²) in [4.78, 5) is 32.6. The Morgan fingerprint density at radius 3 is 1.62 bits per heavy atom. The maximum absolute atomic E-state index is 11.0. The Kier molecular flexibility index (Phi) is 29.0. The Balaban J connectivity index is -0.000000163. The molecule has 0 aromatic rings. The van der Waals surface area contributed by atoms with Gasteiger partial charge in [-0.3, -0.25) is 19.3 Å². The third kappa shape index (κ3) is 24.4. The predicted molar refractivity (Wildman–Crippen MR) is 77.9 cm³/mol. The van der Waals surface area contributed by atoms with E-state index in [4.69, 9.17) is 15.3 Å². The molecule has 0 amide bonds. The molecule has 0 aromatic heterocycles. The second-order valence-electron chi connectivity index (χ2n) is 3.02. The zero-order chi connectivity index (χ0) is 14.7. The number of aliphatic hydroxyl groups is 1. The van der Waals surface area contributed by atoms with Gasteiger partial charge in [0, 0.05) is 0 Å². The van der Waals surface area contributed by atoms with Crippen molar-refractivity contribution < 1.29 is 34.4 Å². The van der Waals surface area contributed by atoms with Crippen LogP contribution < -0.4 is 12.3 Å². The van der Waals surface area contributed by atoms with E-state index in [-0.39, 0.29) is 41.9 Å². The van der Waals surface area contributed by atoms with Crippen LogP contribution in [0.5, 0.6) is 0 Å². The van der Waals surface area contributed by atoms with Gasteiger partial charge >= 0.3 is 47.5 Å². The topological polar surface area (TPSA) is 194 Å². The van der Waals surface area contributed by atoms with Crippen LogP contribution in [0.25, 0.3) is 0 Å². The molecule has 0 aromatic carbocycles. The monoisotopic (exact) mass is 321 g/mol. The minimum absolute atomic E-state index is 0. The summed E-state index contributed by atoms with van der Waals surface area (Å²) in [6.45, 7) is 5.50. The molecule has 0 saturated carbocycles. The Morgan fingerprint density at radius 1 is 1.05 bits per heavy atom. The number of hydrogen-bond acceptors (Lipinski definition) is 8. The summed E-state index contributed by atoms with van der Waals surface area (Å²) >= 11 is 0. The van der Waals surface area contributed by atoms with Crippen molar-refractivity contribution in [3.05, 3.63) is 13.2 Å². The van der Waals surface area contributed by atoms with E-state index in [1.54, 1.807) is 0 Å². The number of ether oxygens (including phenoxy) is 1. The molecule has 0 aliphatic rings.